The summed E-state index contributed by atoms with van der Waals surface area (Å²) in [5.41, 5.74) is 1.72. The van der Waals surface area contributed by atoms with E-state index in [0.717, 1.165) is 22.3 Å². The topological polar surface area (TPSA) is 125 Å². The minimum Gasteiger partial charge on any atom is -0.479 e. The Balaban J connectivity index is 1.72. The molecule has 8 nitrogen and oxygen atoms in total. The Kier molecular flexibility index (Phi) is 6.78. The van der Waals surface area contributed by atoms with Gasteiger partial charge in [0.05, 0.1) is 6.61 Å². The van der Waals surface area contributed by atoms with Crippen molar-refractivity contribution in [2.45, 2.75) is 45.2 Å². The first-order chi connectivity index (χ1) is 15.5. The van der Waals surface area contributed by atoms with Crippen molar-refractivity contribution in [2.24, 2.45) is 5.41 Å². The van der Waals surface area contributed by atoms with E-state index < -0.39 is 41.6 Å². The van der Waals surface area contributed by atoms with E-state index in [-0.39, 0.29) is 12.5 Å². The largest absolute Gasteiger partial charge is 0.479 e. The highest BCUT2D eigenvalue weighted by atomic mass is 16.5. The molecule has 0 saturated heterocycles. The first-order valence-corrected chi connectivity index (χ1v) is 10.8. The predicted octanol–water partition coefficient (Wildman–Crippen LogP) is 2.89. The number of hydrogen-bond acceptors (Lipinski definition) is 5. The van der Waals surface area contributed by atoms with Crippen LogP contribution in [0, 0.1) is 5.41 Å². The molecule has 0 bridgehead atoms. The number of rotatable bonds is 7. The van der Waals surface area contributed by atoms with E-state index in [4.69, 9.17) is 4.74 Å². The van der Waals surface area contributed by atoms with E-state index in [1.807, 2.05) is 48.5 Å². The molecule has 2 amide bonds. The number of aliphatic carboxylic acids is 1. The molecule has 0 fully saturated rings. The summed E-state index contributed by atoms with van der Waals surface area (Å²) in [6.07, 6.45) is -0.784. The molecule has 0 saturated carbocycles. The van der Waals surface area contributed by atoms with Gasteiger partial charge in [-0.05, 0) is 34.6 Å². The lowest BCUT2D eigenvalue weighted by molar-refractivity contribution is -0.149. The number of nitrogens with one attached hydrogen (secondary N) is 2. The number of carbonyl (C=O) groups is 3. The summed E-state index contributed by atoms with van der Waals surface area (Å²) in [4.78, 5) is 37.0. The molecule has 1 aliphatic carbocycles. The number of aliphatic hydroxyl groups is 1. The number of fused-ring (bicyclic) bond motifs is 3. The standard InChI is InChI=1S/C25H30N2O6/c1-24(2,3)20(21(29)27-25(4,14-28)22(30)31)26-23(32)33-13-19-17-11-7-5-9-15(17)16-10-6-8-12-18(16)19/h5-12,19-20,28H,13-14H2,1-4H3,(H,26,32)(H,27,29)(H,30,31). The molecule has 2 aromatic carbocycles. The van der Waals surface area contributed by atoms with Crippen molar-refractivity contribution in [3.8, 4) is 11.1 Å². The second-order valence-electron chi connectivity index (χ2n) is 9.55. The molecular weight excluding hydrogens is 424 g/mol. The Morgan fingerprint density at radius 3 is 1.94 bits per heavy atom. The zero-order valence-electron chi connectivity index (χ0n) is 19.2. The second kappa shape index (κ2) is 9.23. The van der Waals surface area contributed by atoms with Crippen LogP contribution in [0.3, 0.4) is 0 Å². The molecule has 0 spiro atoms. The Bertz CT molecular complexity index is 1020. The minimum absolute atomic E-state index is 0.0851. The quantitative estimate of drug-likeness (QED) is 0.510. The Hall–Kier alpha value is -3.39. The lowest BCUT2D eigenvalue weighted by atomic mass is 9.85. The third-order valence-corrected chi connectivity index (χ3v) is 5.92. The van der Waals surface area contributed by atoms with Crippen molar-refractivity contribution in [1.29, 1.82) is 0 Å². The van der Waals surface area contributed by atoms with E-state index in [1.165, 1.54) is 6.92 Å². The SMILES string of the molecule is CC(CO)(NC(=O)C(NC(=O)OCC1c2ccccc2-c2ccccc21)C(C)(C)C)C(=O)O. The fourth-order valence-corrected chi connectivity index (χ4v) is 3.94. The number of ether oxygens (including phenoxy) is 1. The third-order valence-electron chi connectivity index (χ3n) is 5.92. The van der Waals surface area contributed by atoms with Gasteiger partial charge in [0.25, 0.3) is 0 Å². The van der Waals surface area contributed by atoms with Crippen molar-refractivity contribution in [3.63, 3.8) is 0 Å². The fourth-order valence-electron chi connectivity index (χ4n) is 3.94. The van der Waals surface area contributed by atoms with E-state index in [9.17, 15) is 24.6 Å². The molecular formula is C25H30N2O6. The maximum atomic E-state index is 12.8. The van der Waals surface area contributed by atoms with Gasteiger partial charge in [-0.15, -0.1) is 0 Å². The highest BCUT2D eigenvalue weighted by molar-refractivity contribution is 5.91. The number of carbonyl (C=O) groups excluding carboxylic acids is 2. The maximum absolute atomic E-state index is 12.8. The summed E-state index contributed by atoms with van der Waals surface area (Å²) in [6, 6.07) is 14.8. The highest BCUT2D eigenvalue weighted by Gasteiger charge is 2.40. The Labute approximate surface area is 193 Å². The summed E-state index contributed by atoms with van der Waals surface area (Å²) in [5.74, 6) is -2.24. The van der Waals surface area contributed by atoms with Crippen LogP contribution < -0.4 is 10.6 Å². The smallest absolute Gasteiger partial charge is 0.407 e. The molecule has 3 rings (SSSR count). The predicted molar refractivity (Wildman–Crippen MR) is 123 cm³/mol. The summed E-state index contributed by atoms with van der Waals surface area (Å²) >= 11 is 0. The molecule has 2 atom stereocenters. The molecule has 0 radical (unpaired) electrons. The van der Waals surface area contributed by atoms with E-state index >= 15 is 0 Å². The number of carboxylic acids is 1. The zero-order chi connectivity index (χ0) is 24.4. The highest BCUT2D eigenvalue weighted by Crippen LogP contribution is 2.44. The van der Waals surface area contributed by atoms with Crippen molar-refractivity contribution < 1.29 is 29.3 Å². The van der Waals surface area contributed by atoms with Crippen LogP contribution in [0.15, 0.2) is 48.5 Å². The van der Waals surface area contributed by atoms with Gasteiger partial charge in [-0.3, -0.25) is 4.79 Å². The van der Waals surface area contributed by atoms with Crippen LogP contribution in [0.4, 0.5) is 4.79 Å². The first kappa shape index (κ1) is 24.3. The third kappa shape index (κ3) is 5.01. The lowest BCUT2D eigenvalue weighted by Crippen LogP contribution is -2.62. The minimum atomic E-state index is -1.87. The van der Waals surface area contributed by atoms with Crippen LogP contribution in [0.5, 0.6) is 0 Å². The average molecular weight is 455 g/mol. The number of benzene rings is 2. The van der Waals surface area contributed by atoms with Crippen molar-refractivity contribution in [2.75, 3.05) is 13.2 Å². The van der Waals surface area contributed by atoms with Gasteiger partial charge in [0.2, 0.25) is 5.91 Å². The van der Waals surface area contributed by atoms with Gasteiger partial charge >= 0.3 is 12.1 Å². The number of aliphatic hydroxyl groups excluding tert-OH is 1. The van der Waals surface area contributed by atoms with Gasteiger partial charge in [0, 0.05) is 5.92 Å². The molecule has 0 aromatic heterocycles. The summed E-state index contributed by atoms with van der Waals surface area (Å²) in [7, 11) is 0. The fraction of sp³-hybridized carbons (Fsp3) is 0.400. The number of alkyl carbamates (subject to hydrolysis) is 1. The van der Waals surface area contributed by atoms with Crippen LogP contribution in [0.1, 0.15) is 44.7 Å². The van der Waals surface area contributed by atoms with Crippen molar-refractivity contribution >= 4 is 18.0 Å². The number of carboxylic acid groups (broad SMARTS) is 1. The zero-order valence-corrected chi connectivity index (χ0v) is 19.2. The Morgan fingerprint density at radius 2 is 1.48 bits per heavy atom. The molecule has 4 N–H and O–H groups in total. The summed E-state index contributed by atoms with van der Waals surface area (Å²) < 4.78 is 5.52. The molecule has 33 heavy (non-hydrogen) atoms. The van der Waals surface area contributed by atoms with Gasteiger partial charge in [0.1, 0.15) is 12.6 Å². The lowest BCUT2D eigenvalue weighted by Gasteiger charge is -2.33. The molecule has 0 heterocycles. The number of amides is 2. The van der Waals surface area contributed by atoms with Gasteiger partial charge < -0.3 is 25.6 Å². The van der Waals surface area contributed by atoms with Gasteiger partial charge in [-0.2, -0.15) is 0 Å². The monoisotopic (exact) mass is 454 g/mol. The summed E-state index contributed by atoms with van der Waals surface area (Å²) in [5, 5.41) is 23.6. The van der Waals surface area contributed by atoms with Crippen LogP contribution >= 0.6 is 0 Å². The van der Waals surface area contributed by atoms with Crippen LogP contribution in [-0.2, 0) is 14.3 Å². The maximum Gasteiger partial charge on any atom is 0.407 e. The van der Waals surface area contributed by atoms with E-state index in [2.05, 4.69) is 10.6 Å². The van der Waals surface area contributed by atoms with Gasteiger partial charge in [0.15, 0.2) is 5.54 Å². The average Bonchev–Trinajstić information content (AvgIpc) is 3.08. The van der Waals surface area contributed by atoms with Crippen LogP contribution in [-0.4, -0.2) is 53.0 Å². The van der Waals surface area contributed by atoms with Crippen molar-refractivity contribution in [1.82, 2.24) is 10.6 Å². The molecule has 8 heteroatoms. The second-order valence-corrected chi connectivity index (χ2v) is 9.55. The molecule has 176 valence electrons. The number of hydrogen-bond donors (Lipinski definition) is 4. The van der Waals surface area contributed by atoms with Gasteiger partial charge in [-0.1, -0.05) is 69.3 Å². The van der Waals surface area contributed by atoms with Gasteiger partial charge in [-0.25, -0.2) is 9.59 Å². The molecule has 2 unspecified atom stereocenters. The van der Waals surface area contributed by atoms with Crippen molar-refractivity contribution in [3.05, 3.63) is 59.7 Å². The first-order valence-electron chi connectivity index (χ1n) is 10.8. The molecule has 0 aliphatic heterocycles. The van der Waals surface area contributed by atoms with E-state index in [0.29, 0.717) is 0 Å². The van der Waals surface area contributed by atoms with Crippen LogP contribution in [0.25, 0.3) is 11.1 Å². The molecule has 1 aliphatic rings. The normalized spacial score (nSPS) is 15.5. The van der Waals surface area contributed by atoms with E-state index in [1.54, 1.807) is 20.8 Å². The molecule has 2 aromatic rings. The Morgan fingerprint density at radius 1 is 0.970 bits per heavy atom. The summed E-state index contributed by atoms with van der Waals surface area (Å²) in [6.45, 7) is 5.69. The van der Waals surface area contributed by atoms with Crippen LogP contribution in [0.2, 0.25) is 0 Å².